The Bertz CT molecular complexity index is 1100. The van der Waals surface area contributed by atoms with Gasteiger partial charge < -0.3 is 24.3 Å². The van der Waals surface area contributed by atoms with Crippen LogP contribution in [-0.4, -0.2) is 59.7 Å². The van der Waals surface area contributed by atoms with Crippen LogP contribution in [0.5, 0.6) is 11.5 Å². The number of carbonyl (C=O) groups excluding carboxylic acids is 1. The first-order chi connectivity index (χ1) is 16.9. The van der Waals surface area contributed by atoms with Crippen LogP contribution in [0.25, 0.3) is 0 Å². The Morgan fingerprint density at radius 3 is 2.46 bits per heavy atom. The van der Waals surface area contributed by atoms with Gasteiger partial charge in [0.15, 0.2) is 11.5 Å². The molecule has 1 fully saturated rings. The van der Waals surface area contributed by atoms with Crippen molar-refractivity contribution in [2.24, 2.45) is 0 Å². The van der Waals surface area contributed by atoms with Gasteiger partial charge in [0, 0.05) is 43.3 Å². The number of hydrogen-bond acceptors (Lipinski definition) is 5. The van der Waals surface area contributed by atoms with E-state index in [1.165, 1.54) is 24.5 Å². The maximum Gasteiger partial charge on any atom is 0.387 e. The fraction of sp³-hybridized carbons (Fsp3) is 0.333. The third-order valence-corrected chi connectivity index (χ3v) is 5.74. The smallest absolute Gasteiger partial charge is 0.387 e. The number of alkyl halides is 4. The van der Waals surface area contributed by atoms with E-state index in [2.05, 4.69) is 19.4 Å². The van der Waals surface area contributed by atoms with E-state index in [0.717, 1.165) is 5.56 Å². The summed E-state index contributed by atoms with van der Waals surface area (Å²) in [6, 6.07) is 13.4. The molecule has 1 N–H and O–H groups in total. The Morgan fingerprint density at radius 1 is 1.03 bits per heavy atom. The maximum atomic E-state index is 13.1. The third kappa shape index (κ3) is 6.43. The van der Waals surface area contributed by atoms with Crippen molar-refractivity contribution in [1.29, 1.82) is 0 Å². The lowest BCUT2D eigenvalue weighted by Crippen LogP contribution is -2.56. The van der Waals surface area contributed by atoms with Crippen molar-refractivity contribution < 1.29 is 31.8 Å². The van der Waals surface area contributed by atoms with Crippen molar-refractivity contribution in [3.8, 4) is 11.5 Å². The van der Waals surface area contributed by atoms with E-state index in [1.54, 1.807) is 6.20 Å². The molecular weight excluding hydrogens is 468 g/mol. The predicted molar refractivity (Wildman–Crippen MR) is 120 cm³/mol. The van der Waals surface area contributed by atoms with E-state index in [0.29, 0.717) is 37.4 Å². The number of amides is 1. The summed E-state index contributed by atoms with van der Waals surface area (Å²) in [7, 11) is 0. The van der Waals surface area contributed by atoms with Gasteiger partial charge in [-0.05, 0) is 24.1 Å². The minimum Gasteiger partial charge on any atom is -0.431 e. The average molecular weight is 492 g/mol. The number of aromatic amines is 1. The summed E-state index contributed by atoms with van der Waals surface area (Å²) in [5.74, 6) is -1.01. The van der Waals surface area contributed by atoms with Gasteiger partial charge in [0.05, 0.1) is 18.8 Å². The van der Waals surface area contributed by atoms with Gasteiger partial charge >= 0.3 is 13.2 Å². The Balaban J connectivity index is 1.56. The lowest BCUT2D eigenvalue weighted by atomic mass is 10.0. The molecule has 1 aromatic heterocycles. The van der Waals surface area contributed by atoms with Crippen LogP contribution in [0.1, 0.15) is 11.3 Å². The number of nitrogens with one attached hydrogen (secondary N) is 1. The molecule has 2 aromatic carbocycles. The summed E-state index contributed by atoms with van der Waals surface area (Å²) in [5.41, 5.74) is 2.25. The van der Waals surface area contributed by atoms with Crippen molar-refractivity contribution >= 4 is 11.6 Å². The second kappa shape index (κ2) is 11.1. The lowest BCUT2D eigenvalue weighted by Gasteiger charge is -2.43. The number of carbonyl (C=O) groups is 1. The highest BCUT2D eigenvalue weighted by Crippen LogP contribution is 2.35. The molecule has 0 aliphatic carbocycles. The van der Waals surface area contributed by atoms with Crippen LogP contribution in [0.4, 0.5) is 23.2 Å². The van der Waals surface area contributed by atoms with Gasteiger partial charge in [0.1, 0.15) is 0 Å². The predicted octanol–water partition coefficient (Wildman–Crippen LogP) is 4.12. The van der Waals surface area contributed by atoms with Crippen LogP contribution in [-0.2, 0) is 17.6 Å². The first kappa shape index (κ1) is 24.4. The van der Waals surface area contributed by atoms with Crippen molar-refractivity contribution in [1.82, 2.24) is 14.9 Å². The molecule has 0 radical (unpaired) electrons. The zero-order valence-corrected chi connectivity index (χ0v) is 18.6. The Hall–Kier alpha value is -3.76. The summed E-state index contributed by atoms with van der Waals surface area (Å²) >= 11 is 0. The molecule has 35 heavy (non-hydrogen) atoms. The van der Waals surface area contributed by atoms with Crippen molar-refractivity contribution in [2.45, 2.75) is 32.1 Å². The van der Waals surface area contributed by atoms with Gasteiger partial charge in [-0.2, -0.15) is 17.6 Å². The van der Waals surface area contributed by atoms with Crippen molar-refractivity contribution in [3.63, 3.8) is 0 Å². The highest BCUT2D eigenvalue weighted by Gasteiger charge is 2.31. The van der Waals surface area contributed by atoms with E-state index in [1.807, 2.05) is 40.1 Å². The normalized spacial score (nSPS) is 16.1. The van der Waals surface area contributed by atoms with Crippen LogP contribution in [0.2, 0.25) is 0 Å². The Kier molecular flexibility index (Phi) is 7.74. The first-order valence-corrected chi connectivity index (χ1v) is 11.0. The second-order valence-corrected chi connectivity index (χ2v) is 8.02. The number of benzene rings is 2. The number of piperazine rings is 1. The zero-order chi connectivity index (χ0) is 24.8. The molecule has 0 spiro atoms. The fourth-order valence-electron chi connectivity index (χ4n) is 4.20. The average Bonchev–Trinajstić information content (AvgIpc) is 3.33. The van der Waals surface area contributed by atoms with E-state index in [9.17, 15) is 22.4 Å². The number of rotatable bonds is 9. The van der Waals surface area contributed by atoms with E-state index in [4.69, 9.17) is 0 Å². The van der Waals surface area contributed by atoms with E-state index >= 15 is 0 Å². The van der Waals surface area contributed by atoms with Crippen LogP contribution < -0.4 is 14.4 Å². The van der Waals surface area contributed by atoms with Crippen LogP contribution in [0.15, 0.2) is 61.1 Å². The molecule has 4 rings (SSSR count). The van der Waals surface area contributed by atoms with Gasteiger partial charge in [0.2, 0.25) is 5.91 Å². The molecule has 0 saturated carbocycles. The van der Waals surface area contributed by atoms with E-state index < -0.39 is 24.7 Å². The highest BCUT2D eigenvalue weighted by atomic mass is 19.3. The number of aromatic nitrogens is 2. The molecule has 1 amide bonds. The lowest BCUT2D eigenvalue weighted by molar-refractivity contribution is -0.133. The summed E-state index contributed by atoms with van der Waals surface area (Å²) in [5, 5.41) is 0. The minimum absolute atomic E-state index is 0.0581. The van der Waals surface area contributed by atoms with Gasteiger partial charge in [-0.15, -0.1) is 0 Å². The molecule has 0 bridgehead atoms. The molecule has 3 aromatic rings. The van der Waals surface area contributed by atoms with Crippen LogP contribution in [0.3, 0.4) is 0 Å². The van der Waals surface area contributed by atoms with Crippen molar-refractivity contribution in [2.75, 3.05) is 24.5 Å². The maximum absolute atomic E-state index is 13.1. The Labute approximate surface area is 199 Å². The molecule has 1 aliphatic heterocycles. The highest BCUT2D eigenvalue weighted by molar-refractivity contribution is 5.79. The van der Waals surface area contributed by atoms with Gasteiger partial charge in [-0.3, -0.25) is 4.79 Å². The largest absolute Gasteiger partial charge is 0.431 e. The number of hydrogen-bond donors (Lipinski definition) is 1. The van der Waals surface area contributed by atoms with E-state index in [-0.39, 0.29) is 18.4 Å². The number of nitrogens with zero attached hydrogens (tertiary/aromatic N) is 3. The number of ether oxygens (including phenoxy) is 2. The molecule has 2 heterocycles. The topological polar surface area (TPSA) is 70.7 Å². The summed E-state index contributed by atoms with van der Waals surface area (Å²) in [6.45, 7) is -5.16. The fourth-order valence-corrected chi connectivity index (χ4v) is 4.20. The molecule has 0 unspecified atom stereocenters. The molecule has 186 valence electrons. The van der Waals surface area contributed by atoms with Gasteiger partial charge in [0.25, 0.3) is 0 Å². The molecule has 1 atom stereocenters. The third-order valence-electron chi connectivity index (χ3n) is 5.74. The van der Waals surface area contributed by atoms with Crippen LogP contribution >= 0.6 is 0 Å². The Morgan fingerprint density at radius 2 is 1.77 bits per heavy atom. The molecule has 1 saturated heterocycles. The number of H-pyrrole nitrogens is 1. The van der Waals surface area contributed by atoms with Gasteiger partial charge in [-0.1, -0.05) is 30.3 Å². The standard InChI is InChI=1S/C24H24F4N4O3/c25-23(26)34-20-7-6-18(12-21(20)35-24(27)28)31-8-9-32(22(33)11-17-13-29-15-30-17)19(14-31)10-16-4-2-1-3-5-16/h1-7,12-13,15,19,23-24H,8-11,14H2,(H,29,30)/t19-/m0/s1. The number of anilines is 1. The first-order valence-electron chi connectivity index (χ1n) is 11.0. The molecular formula is C24H24F4N4O3. The molecule has 7 nitrogen and oxygen atoms in total. The SMILES string of the molecule is O=C(Cc1cnc[nH]1)N1CCN(c2ccc(OC(F)F)c(OC(F)F)c2)C[C@@H]1Cc1ccccc1. The molecule has 11 heteroatoms. The minimum atomic E-state index is -3.20. The zero-order valence-electron chi connectivity index (χ0n) is 18.6. The van der Waals surface area contributed by atoms with Crippen LogP contribution in [0, 0.1) is 0 Å². The summed E-state index contributed by atoms with van der Waals surface area (Å²) < 4.78 is 59.9. The molecule has 1 aliphatic rings. The quantitative estimate of drug-likeness (QED) is 0.456. The second-order valence-electron chi connectivity index (χ2n) is 8.02. The van der Waals surface area contributed by atoms with Crippen molar-refractivity contribution in [3.05, 3.63) is 72.3 Å². The monoisotopic (exact) mass is 492 g/mol. The summed E-state index contributed by atoms with van der Waals surface area (Å²) in [6.07, 6.45) is 3.88. The number of halogens is 4. The van der Waals surface area contributed by atoms with Gasteiger partial charge in [-0.25, -0.2) is 4.98 Å². The summed E-state index contributed by atoms with van der Waals surface area (Å²) in [4.78, 5) is 23.7. The number of imidazole rings is 1.